The fraction of sp³-hybridized carbons (Fsp3) is 0.933. The molecule has 0 amide bonds. The second kappa shape index (κ2) is 24.0. The van der Waals surface area contributed by atoms with Gasteiger partial charge in [0.05, 0.1) is 47.1 Å². The minimum Gasteiger partial charge on any atom is -0.857 e. The van der Waals surface area contributed by atoms with Crippen LogP contribution in [0.15, 0.2) is 0 Å². The fourth-order valence-corrected chi connectivity index (χ4v) is 7.49. The molecule has 43 heavy (non-hydrogen) atoms. The zero-order valence-corrected chi connectivity index (χ0v) is 31.0. The van der Waals surface area contributed by atoms with Crippen molar-refractivity contribution in [2.24, 2.45) is 23.7 Å². The summed E-state index contributed by atoms with van der Waals surface area (Å²) in [5.41, 5.74) is 0. The summed E-state index contributed by atoms with van der Waals surface area (Å²) in [7, 11) is -1.56. The molecule has 0 bridgehead atoms. The summed E-state index contributed by atoms with van der Waals surface area (Å²) in [6.07, 6.45) is 6.19. The first-order valence-electron chi connectivity index (χ1n) is 13.8. The largest absolute Gasteiger partial charge is 1.00 e. The van der Waals surface area contributed by atoms with E-state index in [1.54, 1.807) is 41.5 Å². The molecule has 2 rings (SSSR count). The van der Waals surface area contributed by atoms with Gasteiger partial charge in [0, 0.05) is 7.11 Å². The number of methoxy groups -OCH3 is 2. The van der Waals surface area contributed by atoms with E-state index in [0.717, 1.165) is 65.6 Å². The van der Waals surface area contributed by atoms with Crippen LogP contribution >= 0.6 is 0 Å². The number of ether oxygens (including phenoxy) is 2. The molecule has 1 N–H and O–H groups in total. The van der Waals surface area contributed by atoms with Crippen molar-refractivity contribution in [2.75, 3.05) is 39.9 Å². The van der Waals surface area contributed by atoms with Crippen LogP contribution in [-0.4, -0.2) is 83.3 Å². The molecule has 0 aromatic heterocycles. The van der Waals surface area contributed by atoms with Gasteiger partial charge >= 0.3 is 41.5 Å². The van der Waals surface area contributed by atoms with Gasteiger partial charge in [-0.3, -0.25) is 9.59 Å². The van der Waals surface area contributed by atoms with Gasteiger partial charge in [0.25, 0.3) is 0 Å². The first kappa shape index (κ1) is 52.3. The van der Waals surface area contributed by atoms with Crippen molar-refractivity contribution in [3.8, 4) is 0 Å². The minimum atomic E-state index is -3.06. The summed E-state index contributed by atoms with van der Waals surface area (Å²) in [6.45, 7) is 10.4. The summed E-state index contributed by atoms with van der Waals surface area (Å²) in [6, 6.07) is 0. The molecule has 2 fully saturated rings. The van der Waals surface area contributed by atoms with Gasteiger partial charge in [-0.2, -0.15) is 7.11 Å². The Kier molecular flexibility index (Phi) is 29.2. The Balaban J connectivity index is -0.000000189. The van der Waals surface area contributed by atoms with Crippen LogP contribution in [0.25, 0.3) is 0 Å². The molecular weight excluding hydrogens is 607 g/mol. The number of carbonyl (C=O) groups is 2. The van der Waals surface area contributed by atoms with Crippen LogP contribution in [-0.2, 0) is 38.7 Å². The van der Waals surface area contributed by atoms with Crippen molar-refractivity contribution in [3.63, 3.8) is 0 Å². The molecule has 256 valence electrons. The van der Waals surface area contributed by atoms with Crippen LogP contribution in [0.3, 0.4) is 0 Å². The van der Waals surface area contributed by atoms with Gasteiger partial charge in [-0.15, -0.1) is 0 Å². The van der Waals surface area contributed by atoms with Gasteiger partial charge in [-0.05, 0) is 105 Å². The molecule has 2 aliphatic carbocycles. The monoisotopic (exact) mass is 670 g/mol. The maximum Gasteiger partial charge on any atom is 1.00 e. The van der Waals surface area contributed by atoms with Crippen LogP contribution in [0.4, 0.5) is 0 Å². The minimum absolute atomic E-state index is 0. The average Bonchev–Trinajstić information content (AvgIpc) is 2.89. The third kappa shape index (κ3) is 18.5. The van der Waals surface area contributed by atoms with Crippen molar-refractivity contribution in [1.29, 1.82) is 0 Å². The second-order valence-electron chi connectivity index (χ2n) is 12.3. The number of rotatable bonds is 6. The SMILES string of the molecule is C.C.CO.COC(=O)C1CCC(CS(=O)(=O)C(C)(C)C)CC1.COC(=O)C1CCC(CS(=O)(=O)C(C)(C)C)CC1.C[O-].[Na+]. The van der Waals surface area contributed by atoms with Crippen LogP contribution < -0.4 is 34.7 Å². The smallest absolute Gasteiger partial charge is 0.857 e. The van der Waals surface area contributed by atoms with Gasteiger partial charge in [-0.1, -0.05) is 14.9 Å². The molecule has 0 heterocycles. The predicted molar refractivity (Wildman–Crippen MR) is 170 cm³/mol. The first-order valence-corrected chi connectivity index (χ1v) is 17.1. The quantitative estimate of drug-likeness (QED) is 0.321. The molecule has 0 aromatic carbocycles. The van der Waals surface area contributed by atoms with E-state index in [0.29, 0.717) is 0 Å². The van der Waals surface area contributed by atoms with Crippen LogP contribution in [0, 0.1) is 23.7 Å². The number of aliphatic hydroxyl groups is 1. The predicted octanol–water partition coefficient (Wildman–Crippen LogP) is 1.22. The normalized spacial score (nSPS) is 21.9. The number of esters is 2. The van der Waals surface area contributed by atoms with E-state index in [2.05, 4.69) is 0 Å². The van der Waals surface area contributed by atoms with Gasteiger partial charge in [0.15, 0.2) is 19.7 Å². The zero-order chi connectivity index (χ0) is 31.9. The van der Waals surface area contributed by atoms with E-state index in [1.165, 1.54) is 14.2 Å². The van der Waals surface area contributed by atoms with E-state index in [1.807, 2.05) is 0 Å². The third-order valence-corrected chi connectivity index (χ3v) is 13.1. The zero-order valence-electron chi connectivity index (χ0n) is 27.3. The molecule has 0 aliphatic heterocycles. The molecule has 0 unspecified atom stereocenters. The summed E-state index contributed by atoms with van der Waals surface area (Å²) < 4.78 is 56.5. The molecule has 2 saturated carbocycles. The summed E-state index contributed by atoms with van der Waals surface area (Å²) in [4.78, 5) is 22.8. The van der Waals surface area contributed by atoms with E-state index < -0.39 is 29.2 Å². The average molecular weight is 671 g/mol. The molecule has 0 atom stereocenters. The first-order chi connectivity index (χ1) is 18.3. The van der Waals surface area contributed by atoms with Gasteiger partial charge in [0.2, 0.25) is 0 Å². The molecule has 0 aromatic rings. The maximum atomic E-state index is 12.1. The Morgan fingerprint density at radius 2 is 0.837 bits per heavy atom. The van der Waals surface area contributed by atoms with Crippen LogP contribution in [0.1, 0.15) is 108 Å². The number of hydrogen-bond donors (Lipinski definition) is 1. The van der Waals surface area contributed by atoms with Gasteiger partial charge in [0.1, 0.15) is 0 Å². The summed E-state index contributed by atoms with van der Waals surface area (Å²) in [5.74, 6) is 0.464. The fourth-order valence-electron chi connectivity index (χ4n) is 4.58. The molecule has 2 aliphatic rings. The Labute approximate surface area is 286 Å². The van der Waals surface area contributed by atoms with Crippen molar-refractivity contribution in [2.45, 2.75) is 117 Å². The number of hydrogen-bond acceptors (Lipinski definition) is 10. The van der Waals surface area contributed by atoms with E-state index in [4.69, 9.17) is 19.7 Å². The van der Waals surface area contributed by atoms with Crippen molar-refractivity contribution in [1.82, 2.24) is 0 Å². The van der Waals surface area contributed by atoms with Crippen molar-refractivity contribution in [3.05, 3.63) is 0 Å². The topological polar surface area (TPSA) is 164 Å². The molecule has 10 nitrogen and oxygen atoms in total. The Bertz CT molecular complexity index is 858. The molecule has 0 radical (unpaired) electrons. The van der Waals surface area contributed by atoms with E-state index in [-0.39, 0.29) is 91.5 Å². The van der Waals surface area contributed by atoms with Gasteiger partial charge in [-0.25, -0.2) is 16.8 Å². The van der Waals surface area contributed by atoms with Crippen molar-refractivity contribution >= 4 is 31.6 Å². The Morgan fingerprint density at radius 1 is 0.628 bits per heavy atom. The van der Waals surface area contributed by atoms with E-state index >= 15 is 0 Å². The Morgan fingerprint density at radius 3 is 1.00 bits per heavy atom. The summed E-state index contributed by atoms with van der Waals surface area (Å²) in [5, 5.41) is 15.2. The molecule has 0 spiro atoms. The van der Waals surface area contributed by atoms with E-state index in [9.17, 15) is 26.4 Å². The Hall–Kier alpha value is -0.240. The van der Waals surface area contributed by atoms with Crippen LogP contribution in [0.2, 0.25) is 0 Å². The number of carbonyl (C=O) groups excluding carboxylic acids is 2. The molecule has 13 heteroatoms. The maximum absolute atomic E-state index is 12.1. The van der Waals surface area contributed by atoms with Crippen molar-refractivity contribution < 1.29 is 75.7 Å². The second-order valence-corrected chi connectivity index (χ2v) is 17.8. The number of sulfone groups is 2. The third-order valence-electron chi connectivity index (χ3n) is 7.54. The molecular formula is C30H63NaO10S2. The summed E-state index contributed by atoms with van der Waals surface area (Å²) >= 11 is 0. The van der Waals surface area contributed by atoms with Gasteiger partial charge < -0.3 is 19.7 Å². The number of aliphatic hydroxyl groups excluding tert-OH is 1. The molecule has 0 saturated heterocycles. The van der Waals surface area contributed by atoms with Crippen LogP contribution in [0.5, 0.6) is 0 Å². The standard InChI is InChI=1S/2C13H24O4S.CH4O.CH3O.2CH4.Na/c2*1-13(2,3)18(15,16)9-10-5-7-11(8-6-10)12(14)17-4;2*1-2;;;/h2*10-11H,5-9H2,1-4H3;2H,1H3;1H3;2*1H4;/q;;;-1;;;+1.